The number of amides is 1. The third-order valence-corrected chi connectivity index (χ3v) is 5.77. The van der Waals surface area contributed by atoms with Crippen molar-refractivity contribution in [3.63, 3.8) is 0 Å². The molecule has 1 heterocycles. The number of ketones is 2. The van der Waals surface area contributed by atoms with Crippen molar-refractivity contribution in [1.29, 1.82) is 0 Å². The molecule has 0 saturated carbocycles. The predicted molar refractivity (Wildman–Crippen MR) is 86.1 cm³/mol. The molecular formula is C16H16N2O5S. The van der Waals surface area contributed by atoms with Gasteiger partial charge in [-0.2, -0.15) is 0 Å². The summed E-state index contributed by atoms with van der Waals surface area (Å²) in [6.45, 7) is 1.24. The minimum Gasteiger partial charge on any atom is -0.376 e. The van der Waals surface area contributed by atoms with E-state index >= 15 is 0 Å². The zero-order valence-electron chi connectivity index (χ0n) is 13.0. The summed E-state index contributed by atoms with van der Waals surface area (Å²) in [7, 11) is -3.15. The van der Waals surface area contributed by atoms with Crippen LogP contribution in [0, 0.1) is 0 Å². The summed E-state index contributed by atoms with van der Waals surface area (Å²) in [4.78, 5) is 36.8. The number of carbonyl (C=O) groups is 3. The molecule has 0 radical (unpaired) electrons. The fraction of sp³-hybridized carbons (Fsp3) is 0.312. The lowest BCUT2D eigenvalue weighted by Crippen LogP contribution is -2.41. The number of nitrogens with one attached hydrogen (secondary N) is 2. The molecule has 0 aromatic heterocycles. The summed E-state index contributed by atoms with van der Waals surface area (Å²) in [5.41, 5.74) is 0.280. The van der Waals surface area contributed by atoms with Gasteiger partial charge in [0, 0.05) is 24.1 Å². The first kappa shape index (κ1) is 16.4. The van der Waals surface area contributed by atoms with Crippen LogP contribution in [-0.4, -0.2) is 43.4 Å². The summed E-state index contributed by atoms with van der Waals surface area (Å²) in [6.07, 6.45) is 0.350. The minimum atomic E-state index is -3.15. The quantitative estimate of drug-likeness (QED) is 0.807. The third-order valence-electron chi connectivity index (χ3n) is 4.00. The third kappa shape index (κ3) is 2.96. The lowest BCUT2D eigenvalue weighted by atomic mass is 9.90. The van der Waals surface area contributed by atoms with Gasteiger partial charge in [0.15, 0.2) is 9.84 Å². The van der Waals surface area contributed by atoms with Gasteiger partial charge in [-0.05, 0) is 6.42 Å². The van der Waals surface area contributed by atoms with E-state index in [0.717, 1.165) is 0 Å². The number of carbonyl (C=O) groups excluding carboxylic acids is 3. The molecule has 1 amide bonds. The Morgan fingerprint density at radius 1 is 1.08 bits per heavy atom. The van der Waals surface area contributed by atoms with Crippen LogP contribution in [0.25, 0.3) is 0 Å². The maximum atomic E-state index is 12.7. The van der Waals surface area contributed by atoms with Crippen LogP contribution < -0.4 is 10.6 Å². The molecule has 3 rings (SSSR count). The van der Waals surface area contributed by atoms with E-state index in [2.05, 4.69) is 10.6 Å². The molecule has 1 aliphatic heterocycles. The predicted octanol–water partition coefficient (Wildman–Crippen LogP) is 0.190. The van der Waals surface area contributed by atoms with Crippen molar-refractivity contribution in [2.75, 3.05) is 11.5 Å². The van der Waals surface area contributed by atoms with Gasteiger partial charge in [-0.1, -0.05) is 24.3 Å². The molecule has 2 aliphatic rings. The Bertz CT molecular complexity index is 885. The van der Waals surface area contributed by atoms with Gasteiger partial charge in [0.1, 0.15) is 11.4 Å². The monoisotopic (exact) mass is 348 g/mol. The van der Waals surface area contributed by atoms with Crippen LogP contribution in [0.5, 0.6) is 0 Å². The Morgan fingerprint density at radius 2 is 1.67 bits per heavy atom. The zero-order valence-corrected chi connectivity index (χ0v) is 13.8. The van der Waals surface area contributed by atoms with Gasteiger partial charge in [0.2, 0.25) is 17.5 Å². The average Bonchev–Trinajstić information content (AvgIpc) is 2.87. The Morgan fingerprint density at radius 3 is 2.17 bits per heavy atom. The second-order valence-electron chi connectivity index (χ2n) is 5.88. The van der Waals surface area contributed by atoms with Crippen LogP contribution in [0.1, 0.15) is 34.1 Å². The van der Waals surface area contributed by atoms with E-state index in [1.165, 1.54) is 19.1 Å². The summed E-state index contributed by atoms with van der Waals surface area (Å²) in [6, 6.07) is 5.87. The molecule has 1 aromatic carbocycles. The Kier molecular flexibility index (Phi) is 4.00. The summed E-state index contributed by atoms with van der Waals surface area (Å²) < 4.78 is 23.2. The molecule has 1 atom stereocenters. The van der Waals surface area contributed by atoms with Crippen molar-refractivity contribution in [2.24, 2.45) is 0 Å². The van der Waals surface area contributed by atoms with Crippen LogP contribution in [0.4, 0.5) is 0 Å². The molecule has 0 spiro atoms. The Balaban J connectivity index is 2.02. The van der Waals surface area contributed by atoms with E-state index in [1.54, 1.807) is 12.1 Å². The van der Waals surface area contributed by atoms with Gasteiger partial charge in [-0.3, -0.25) is 14.4 Å². The number of sulfone groups is 1. The van der Waals surface area contributed by atoms with Crippen LogP contribution in [-0.2, 0) is 14.6 Å². The zero-order chi connectivity index (χ0) is 17.5. The first-order chi connectivity index (χ1) is 11.3. The molecule has 0 bridgehead atoms. The Labute approximate surface area is 139 Å². The standard InChI is InChI=1S/C16H16N2O5S/c1-9(19)17-13-14(18-10-6-7-24(22,23)8-10)16(21)12-5-3-2-4-11(12)15(13)20/h2-5,10,18H,6-8H2,1H3,(H,17,19)/t10-/m0/s1. The van der Waals surface area contributed by atoms with E-state index in [-0.39, 0.29) is 34.0 Å². The van der Waals surface area contributed by atoms with Crippen molar-refractivity contribution in [3.8, 4) is 0 Å². The van der Waals surface area contributed by atoms with Crippen LogP contribution >= 0.6 is 0 Å². The lowest BCUT2D eigenvalue weighted by Gasteiger charge is -2.24. The smallest absolute Gasteiger partial charge is 0.221 e. The number of hydrogen-bond donors (Lipinski definition) is 2. The topological polar surface area (TPSA) is 109 Å². The highest BCUT2D eigenvalue weighted by Gasteiger charge is 2.36. The van der Waals surface area contributed by atoms with Crippen molar-refractivity contribution < 1.29 is 22.8 Å². The molecule has 0 unspecified atom stereocenters. The lowest BCUT2D eigenvalue weighted by molar-refractivity contribution is -0.118. The molecule has 2 N–H and O–H groups in total. The van der Waals surface area contributed by atoms with Crippen molar-refractivity contribution >= 4 is 27.3 Å². The van der Waals surface area contributed by atoms with Gasteiger partial charge in [0.05, 0.1) is 11.5 Å². The van der Waals surface area contributed by atoms with Gasteiger partial charge in [0.25, 0.3) is 0 Å². The number of benzene rings is 1. The fourth-order valence-electron chi connectivity index (χ4n) is 2.92. The van der Waals surface area contributed by atoms with Gasteiger partial charge < -0.3 is 10.6 Å². The first-order valence-electron chi connectivity index (χ1n) is 7.46. The van der Waals surface area contributed by atoms with Gasteiger partial charge in [-0.25, -0.2) is 8.42 Å². The largest absolute Gasteiger partial charge is 0.376 e. The second-order valence-corrected chi connectivity index (χ2v) is 8.11. The highest BCUT2D eigenvalue weighted by atomic mass is 32.2. The van der Waals surface area contributed by atoms with Crippen LogP contribution in [0.3, 0.4) is 0 Å². The normalized spacial score (nSPS) is 22.3. The molecular weight excluding hydrogens is 332 g/mol. The molecule has 8 heteroatoms. The number of Topliss-reactive ketones (excluding diaryl/α,β-unsaturated/α-hetero) is 2. The highest BCUT2D eigenvalue weighted by molar-refractivity contribution is 7.91. The van der Waals surface area contributed by atoms with Gasteiger partial charge >= 0.3 is 0 Å². The van der Waals surface area contributed by atoms with Crippen LogP contribution in [0.15, 0.2) is 35.7 Å². The number of rotatable bonds is 3. The molecule has 1 aliphatic carbocycles. The SMILES string of the molecule is CC(=O)NC1=C(N[C@H]2CCS(=O)(=O)C2)C(=O)c2ccccc2C1=O. The fourth-order valence-corrected chi connectivity index (χ4v) is 4.59. The summed E-state index contributed by atoms with van der Waals surface area (Å²) in [5.74, 6) is -1.45. The number of hydrogen-bond acceptors (Lipinski definition) is 6. The highest BCUT2D eigenvalue weighted by Crippen LogP contribution is 2.25. The molecule has 24 heavy (non-hydrogen) atoms. The first-order valence-corrected chi connectivity index (χ1v) is 9.28. The maximum Gasteiger partial charge on any atom is 0.221 e. The van der Waals surface area contributed by atoms with Gasteiger partial charge in [-0.15, -0.1) is 0 Å². The minimum absolute atomic E-state index is 0.0339. The van der Waals surface area contributed by atoms with Crippen molar-refractivity contribution in [3.05, 3.63) is 46.8 Å². The summed E-state index contributed by atoms with van der Waals surface area (Å²) in [5, 5.41) is 5.27. The number of allylic oxidation sites excluding steroid dienone is 2. The van der Waals surface area contributed by atoms with Crippen molar-refractivity contribution in [2.45, 2.75) is 19.4 Å². The number of fused-ring (bicyclic) bond motifs is 1. The van der Waals surface area contributed by atoms with E-state index in [4.69, 9.17) is 0 Å². The molecule has 1 fully saturated rings. The molecule has 126 valence electrons. The average molecular weight is 348 g/mol. The summed E-state index contributed by atoms with van der Waals surface area (Å²) >= 11 is 0. The molecule has 7 nitrogen and oxygen atoms in total. The second kappa shape index (κ2) is 5.86. The van der Waals surface area contributed by atoms with Crippen LogP contribution in [0.2, 0.25) is 0 Å². The molecule has 1 aromatic rings. The van der Waals surface area contributed by atoms with Crippen molar-refractivity contribution in [1.82, 2.24) is 10.6 Å². The Hall–Kier alpha value is -2.48. The van der Waals surface area contributed by atoms with E-state index < -0.39 is 33.4 Å². The maximum absolute atomic E-state index is 12.7. The van der Waals surface area contributed by atoms with E-state index in [9.17, 15) is 22.8 Å². The van der Waals surface area contributed by atoms with E-state index in [1.807, 2.05) is 0 Å². The van der Waals surface area contributed by atoms with E-state index in [0.29, 0.717) is 6.42 Å². The molecule has 1 saturated heterocycles.